The first-order valence-electron chi connectivity index (χ1n) is 4.91. The number of aromatic nitrogens is 2. The van der Waals surface area contributed by atoms with E-state index >= 15 is 0 Å². The third kappa shape index (κ3) is 2.41. The molecule has 2 rings (SSSR count). The van der Waals surface area contributed by atoms with Gasteiger partial charge in [-0.1, -0.05) is 5.16 Å². The predicted molar refractivity (Wildman–Crippen MR) is 64.1 cm³/mol. The van der Waals surface area contributed by atoms with Gasteiger partial charge in [-0.25, -0.2) is 24.0 Å². The molecule has 0 fully saturated rings. The third-order valence-corrected chi connectivity index (χ3v) is 3.44. The number of anilines is 2. The van der Waals surface area contributed by atoms with Gasteiger partial charge in [0, 0.05) is 12.3 Å². The molecule has 0 amide bonds. The quantitative estimate of drug-likeness (QED) is 0.544. The first-order chi connectivity index (χ1) is 8.53. The fourth-order valence-corrected chi connectivity index (χ4v) is 2.41. The molecular formula is C9H11N5O3S. The number of aryl methyl sites for hydroxylation is 1. The van der Waals surface area contributed by atoms with Crippen molar-refractivity contribution in [2.45, 2.75) is 11.8 Å². The molecule has 0 aliphatic heterocycles. The summed E-state index contributed by atoms with van der Waals surface area (Å²) in [6.07, 6.45) is 1.42. The first-order valence-corrected chi connectivity index (χ1v) is 6.39. The van der Waals surface area contributed by atoms with Crippen molar-refractivity contribution in [3.05, 3.63) is 30.1 Å². The molecule has 2 heterocycles. The SMILES string of the molecule is Cc1cc(NS(=O)(=O)c2cccnc2NN)on1. The van der Waals surface area contributed by atoms with Crippen LogP contribution in [0.3, 0.4) is 0 Å². The number of rotatable bonds is 4. The van der Waals surface area contributed by atoms with Gasteiger partial charge < -0.3 is 9.95 Å². The fourth-order valence-electron chi connectivity index (χ4n) is 1.31. The Morgan fingerprint density at radius 1 is 1.44 bits per heavy atom. The van der Waals surface area contributed by atoms with Gasteiger partial charge in [-0.15, -0.1) is 0 Å². The van der Waals surface area contributed by atoms with Crippen molar-refractivity contribution in [1.29, 1.82) is 0 Å². The molecule has 0 bridgehead atoms. The zero-order chi connectivity index (χ0) is 13.2. The van der Waals surface area contributed by atoms with E-state index in [0.29, 0.717) is 5.69 Å². The summed E-state index contributed by atoms with van der Waals surface area (Å²) < 4.78 is 31.1. The Morgan fingerprint density at radius 3 is 2.83 bits per heavy atom. The first kappa shape index (κ1) is 12.3. The molecule has 0 aromatic carbocycles. The highest BCUT2D eigenvalue weighted by Gasteiger charge is 2.20. The van der Waals surface area contributed by atoms with Crippen LogP contribution in [0.15, 0.2) is 33.8 Å². The van der Waals surface area contributed by atoms with Crippen LogP contribution in [0.25, 0.3) is 0 Å². The Kier molecular flexibility index (Phi) is 3.17. The monoisotopic (exact) mass is 269 g/mol. The predicted octanol–water partition coefficient (Wildman–Crippen LogP) is 0.464. The molecule has 18 heavy (non-hydrogen) atoms. The average Bonchev–Trinajstić information content (AvgIpc) is 2.74. The summed E-state index contributed by atoms with van der Waals surface area (Å²) in [6, 6.07) is 4.32. The number of nitrogens with zero attached hydrogens (tertiary/aromatic N) is 2. The van der Waals surface area contributed by atoms with Crippen LogP contribution in [0.1, 0.15) is 5.69 Å². The molecule has 0 atom stereocenters. The van der Waals surface area contributed by atoms with Crippen molar-refractivity contribution in [2.24, 2.45) is 5.84 Å². The number of nitrogen functional groups attached to an aromatic ring is 1. The van der Waals surface area contributed by atoms with Crippen LogP contribution in [0.4, 0.5) is 11.7 Å². The van der Waals surface area contributed by atoms with Gasteiger partial charge in [-0.3, -0.25) is 0 Å². The highest BCUT2D eigenvalue weighted by atomic mass is 32.2. The molecular weight excluding hydrogens is 258 g/mol. The minimum Gasteiger partial charge on any atom is -0.338 e. The molecule has 0 unspecified atom stereocenters. The molecule has 0 spiro atoms. The Labute approximate surface area is 103 Å². The fraction of sp³-hybridized carbons (Fsp3) is 0.111. The minimum absolute atomic E-state index is 0.0272. The number of pyridine rings is 1. The molecule has 0 aliphatic carbocycles. The second kappa shape index (κ2) is 4.63. The summed E-state index contributed by atoms with van der Waals surface area (Å²) in [5, 5.41) is 3.58. The smallest absolute Gasteiger partial charge is 0.267 e. The maximum absolute atomic E-state index is 12.1. The number of nitrogens with one attached hydrogen (secondary N) is 2. The lowest BCUT2D eigenvalue weighted by Gasteiger charge is -2.08. The van der Waals surface area contributed by atoms with Crippen LogP contribution in [-0.2, 0) is 10.0 Å². The largest absolute Gasteiger partial charge is 0.338 e. The van der Waals surface area contributed by atoms with Gasteiger partial charge in [0.25, 0.3) is 10.0 Å². The van der Waals surface area contributed by atoms with Gasteiger partial charge in [-0.05, 0) is 19.1 Å². The summed E-state index contributed by atoms with van der Waals surface area (Å²) >= 11 is 0. The van der Waals surface area contributed by atoms with Gasteiger partial charge in [-0.2, -0.15) is 0 Å². The Bertz CT molecular complexity index is 652. The Morgan fingerprint density at radius 2 is 2.22 bits per heavy atom. The minimum atomic E-state index is -3.83. The summed E-state index contributed by atoms with van der Waals surface area (Å²) in [7, 11) is -3.83. The zero-order valence-electron chi connectivity index (χ0n) is 9.41. The Balaban J connectivity index is 2.36. The van der Waals surface area contributed by atoms with E-state index in [1.165, 1.54) is 24.4 Å². The van der Waals surface area contributed by atoms with Gasteiger partial charge in [0.1, 0.15) is 4.90 Å². The lowest BCUT2D eigenvalue weighted by molar-refractivity contribution is 0.430. The standard InChI is InChI=1S/C9H11N5O3S/c1-6-5-8(17-13-6)14-18(15,16)7-3-2-4-11-9(7)12-10/h2-5,14H,10H2,1H3,(H,11,12). The highest BCUT2D eigenvalue weighted by molar-refractivity contribution is 7.92. The van der Waals surface area contributed by atoms with E-state index in [-0.39, 0.29) is 16.6 Å². The van der Waals surface area contributed by atoms with E-state index in [0.717, 1.165) is 0 Å². The molecule has 9 heteroatoms. The molecule has 8 nitrogen and oxygen atoms in total. The summed E-state index contributed by atoms with van der Waals surface area (Å²) in [4.78, 5) is 3.73. The van der Waals surface area contributed by atoms with Gasteiger partial charge >= 0.3 is 0 Å². The van der Waals surface area contributed by atoms with Crippen molar-refractivity contribution >= 4 is 21.7 Å². The van der Waals surface area contributed by atoms with Gasteiger partial charge in [0.15, 0.2) is 5.82 Å². The number of sulfonamides is 1. The van der Waals surface area contributed by atoms with Crippen LogP contribution in [-0.4, -0.2) is 18.6 Å². The van der Waals surface area contributed by atoms with E-state index in [1.54, 1.807) is 6.92 Å². The highest BCUT2D eigenvalue weighted by Crippen LogP contribution is 2.21. The second-order valence-corrected chi connectivity index (χ2v) is 5.08. The molecule has 96 valence electrons. The van der Waals surface area contributed by atoms with Crippen LogP contribution in [0.5, 0.6) is 0 Å². The number of hydrogen-bond donors (Lipinski definition) is 3. The van der Waals surface area contributed by atoms with Crippen LogP contribution < -0.4 is 16.0 Å². The number of hydrogen-bond acceptors (Lipinski definition) is 7. The van der Waals surface area contributed by atoms with Crippen molar-refractivity contribution in [2.75, 3.05) is 10.1 Å². The number of nitrogens with two attached hydrogens (primary N) is 1. The van der Waals surface area contributed by atoms with Crippen LogP contribution in [0.2, 0.25) is 0 Å². The van der Waals surface area contributed by atoms with Crippen molar-refractivity contribution in [3.63, 3.8) is 0 Å². The lowest BCUT2D eigenvalue weighted by Crippen LogP contribution is -2.18. The van der Waals surface area contributed by atoms with E-state index in [4.69, 9.17) is 10.4 Å². The van der Waals surface area contributed by atoms with Crippen molar-refractivity contribution in [3.8, 4) is 0 Å². The molecule has 2 aromatic heterocycles. The third-order valence-electron chi connectivity index (χ3n) is 2.06. The second-order valence-electron chi connectivity index (χ2n) is 3.43. The van der Waals surface area contributed by atoms with Crippen LogP contribution >= 0.6 is 0 Å². The molecule has 0 aliphatic rings. The van der Waals surface area contributed by atoms with E-state index in [2.05, 4.69) is 20.3 Å². The van der Waals surface area contributed by atoms with Gasteiger partial charge in [0.05, 0.1) is 5.69 Å². The molecule has 4 N–H and O–H groups in total. The molecule has 0 saturated heterocycles. The lowest BCUT2D eigenvalue weighted by atomic mass is 10.5. The topological polar surface area (TPSA) is 123 Å². The van der Waals surface area contributed by atoms with E-state index in [9.17, 15) is 8.42 Å². The Hall–Kier alpha value is -2.13. The summed E-state index contributed by atoms with van der Waals surface area (Å²) in [5.74, 6) is 5.27. The van der Waals surface area contributed by atoms with Gasteiger partial charge in [0.2, 0.25) is 5.88 Å². The molecule has 0 saturated carbocycles. The molecule has 0 radical (unpaired) electrons. The summed E-state index contributed by atoms with van der Waals surface area (Å²) in [5.41, 5.74) is 2.78. The molecule has 2 aromatic rings. The normalized spacial score (nSPS) is 11.2. The van der Waals surface area contributed by atoms with Crippen molar-refractivity contribution in [1.82, 2.24) is 10.1 Å². The summed E-state index contributed by atoms with van der Waals surface area (Å²) in [6.45, 7) is 1.68. The maximum atomic E-state index is 12.1. The maximum Gasteiger partial charge on any atom is 0.267 e. The van der Waals surface area contributed by atoms with E-state index < -0.39 is 10.0 Å². The zero-order valence-corrected chi connectivity index (χ0v) is 10.2. The average molecular weight is 269 g/mol. The van der Waals surface area contributed by atoms with Crippen molar-refractivity contribution < 1.29 is 12.9 Å². The van der Waals surface area contributed by atoms with E-state index in [1.807, 2.05) is 0 Å². The van der Waals surface area contributed by atoms with Crippen LogP contribution in [0, 0.1) is 6.92 Å². The number of hydrazine groups is 1.